The number of nitrogens with one attached hydrogen (secondary N) is 1. The molecule has 0 radical (unpaired) electrons. The van der Waals surface area contributed by atoms with E-state index in [-0.39, 0.29) is 11.8 Å². The van der Waals surface area contributed by atoms with Gasteiger partial charge in [0.05, 0.1) is 27.1 Å². The largest absolute Gasteiger partial charge is 0.479 e. The maximum atomic E-state index is 13.1. The molecule has 1 aliphatic rings. The first-order chi connectivity index (χ1) is 14.8. The van der Waals surface area contributed by atoms with Crippen LogP contribution in [0.3, 0.4) is 0 Å². The molecule has 1 N–H and O–H groups in total. The summed E-state index contributed by atoms with van der Waals surface area (Å²) in [6.07, 6.45) is -0.697. The van der Waals surface area contributed by atoms with E-state index in [0.29, 0.717) is 22.1 Å². The molecule has 0 saturated carbocycles. The van der Waals surface area contributed by atoms with Crippen LogP contribution in [0.1, 0.15) is 23.7 Å². The Balaban J connectivity index is 1.71. The molecule has 2 unspecified atom stereocenters. The van der Waals surface area contributed by atoms with Gasteiger partial charge in [-0.25, -0.2) is 4.98 Å². The summed E-state index contributed by atoms with van der Waals surface area (Å²) in [5.74, 6) is -0.0666. The summed E-state index contributed by atoms with van der Waals surface area (Å²) in [7, 11) is 0. The van der Waals surface area contributed by atoms with Gasteiger partial charge < -0.3 is 10.1 Å². The van der Waals surface area contributed by atoms with Gasteiger partial charge in [-0.15, -0.1) is 11.3 Å². The van der Waals surface area contributed by atoms with Gasteiger partial charge in [0.2, 0.25) is 5.91 Å². The number of aryl methyl sites for hydroxylation is 2. The molecule has 2 heterocycles. The zero-order valence-electron chi connectivity index (χ0n) is 17.6. The fourth-order valence-electron chi connectivity index (χ4n) is 3.62. The summed E-state index contributed by atoms with van der Waals surface area (Å²) in [5, 5.41) is 4.22. The lowest BCUT2D eigenvalue weighted by molar-refractivity contribution is -0.128. The summed E-state index contributed by atoms with van der Waals surface area (Å²) >= 11 is 7.79. The summed E-state index contributed by atoms with van der Waals surface area (Å²) in [6, 6.07) is 11.8. The number of ether oxygens (including phenoxy) is 1. The fraction of sp³-hybridized carbons (Fsp3) is 0.261. The van der Waals surface area contributed by atoms with Crippen molar-refractivity contribution >= 4 is 46.1 Å². The molecule has 1 aliphatic heterocycles. The Morgan fingerprint density at radius 1 is 1.26 bits per heavy atom. The molecular weight excluding hydrogens is 434 g/mol. The molecule has 2 aromatic carbocycles. The number of carbonyl (C=O) groups excluding carboxylic acids is 2. The number of fused-ring (bicyclic) bond motifs is 1. The number of rotatable bonds is 4. The van der Waals surface area contributed by atoms with Crippen LogP contribution in [0.15, 0.2) is 42.5 Å². The average Bonchev–Trinajstić information content (AvgIpc) is 3.08. The number of hydrogen-bond donors (Lipinski definition) is 1. The lowest BCUT2D eigenvalue weighted by Gasteiger charge is -2.36. The molecule has 4 rings (SSSR count). The van der Waals surface area contributed by atoms with Crippen molar-refractivity contribution < 1.29 is 14.3 Å². The maximum Gasteiger partial charge on any atom is 0.268 e. The van der Waals surface area contributed by atoms with Gasteiger partial charge in [0.25, 0.3) is 5.91 Å². The number of carbonyl (C=O) groups is 2. The standard InChI is InChI=1S/C23H22ClN3O3S/c1-12(22(28)26-18-8-6-5-7-17(18)24)27-19-11-16(21-14(3)31-15(4)25-21)9-10-20(19)30-13(2)23(27)29/h5-13H,1-4H3,(H,26,28). The van der Waals surface area contributed by atoms with Crippen molar-refractivity contribution in [3.05, 3.63) is 57.4 Å². The second kappa shape index (κ2) is 8.32. The number of nitrogens with zero attached hydrogens (tertiary/aromatic N) is 2. The Labute approximate surface area is 189 Å². The first kappa shape index (κ1) is 21.3. The highest BCUT2D eigenvalue weighted by atomic mass is 35.5. The Hall–Kier alpha value is -2.90. The van der Waals surface area contributed by atoms with Gasteiger partial charge in [0.1, 0.15) is 11.8 Å². The van der Waals surface area contributed by atoms with Gasteiger partial charge in [-0.2, -0.15) is 0 Å². The quantitative estimate of drug-likeness (QED) is 0.585. The maximum absolute atomic E-state index is 13.1. The molecule has 8 heteroatoms. The van der Waals surface area contributed by atoms with E-state index in [0.717, 1.165) is 21.1 Å². The molecule has 2 amide bonds. The van der Waals surface area contributed by atoms with Crippen molar-refractivity contribution in [2.75, 3.05) is 10.2 Å². The van der Waals surface area contributed by atoms with Crippen molar-refractivity contribution in [2.24, 2.45) is 0 Å². The predicted molar refractivity (Wildman–Crippen MR) is 124 cm³/mol. The summed E-state index contributed by atoms with van der Waals surface area (Å²) in [5.41, 5.74) is 2.78. The van der Waals surface area contributed by atoms with Crippen LogP contribution in [0.25, 0.3) is 11.3 Å². The van der Waals surface area contributed by atoms with Crippen LogP contribution in [0.4, 0.5) is 11.4 Å². The average molecular weight is 456 g/mol. The molecule has 3 aromatic rings. The molecule has 31 heavy (non-hydrogen) atoms. The number of halogens is 1. The minimum atomic E-state index is -0.776. The molecule has 0 bridgehead atoms. The van der Waals surface area contributed by atoms with Gasteiger partial charge in [-0.1, -0.05) is 23.7 Å². The van der Waals surface area contributed by atoms with E-state index in [1.165, 1.54) is 4.90 Å². The Morgan fingerprint density at radius 3 is 2.68 bits per heavy atom. The summed E-state index contributed by atoms with van der Waals surface area (Å²) in [6.45, 7) is 7.34. The number of thiazole rings is 1. The second-order valence-corrected chi connectivity index (χ2v) is 9.25. The first-order valence-corrected chi connectivity index (χ1v) is 11.1. The van der Waals surface area contributed by atoms with E-state index >= 15 is 0 Å². The van der Waals surface area contributed by atoms with Gasteiger partial charge in [-0.05, 0) is 58.0 Å². The zero-order valence-corrected chi connectivity index (χ0v) is 19.2. The van der Waals surface area contributed by atoms with E-state index in [4.69, 9.17) is 16.3 Å². The van der Waals surface area contributed by atoms with Gasteiger partial charge in [-0.3, -0.25) is 14.5 Å². The molecule has 0 aliphatic carbocycles. The number of anilines is 2. The zero-order chi connectivity index (χ0) is 22.3. The molecular formula is C23H22ClN3O3S. The lowest BCUT2D eigenvalue weighted by Crippen LogP contribution is -2.52. The van der Waals surface area contributed by atoms with E-state index in [1.54, 1.807) is 49.4 Å². The third-order valence-corrected chi connectivity index (χ3v) is 6.40. The number of benzene rings is 2. The minimum Gasteiger partial charge on any atom is -0.479 e. The Bertz CT molecular complexity index is 1180. The van der Waals surface area contributed by atoms with Gasteiger partial charge >= 0.3 is 0 Å². The van der Waals surface area contributed by atoms with Crippen LogP contribution in [-0.4, -0.2) is 28.9 Å². The SMILES string of the molecule is Cc1nc(-c2ccc3c(c2)N(C(C)C(=O)Nc2ccccc2Cl)C(=O)C(C)O3)c(C)s1. The molecule has 2 atom stereocenters. The highest BCUT2D eigenvalue weighted by molar-refractivity contribution is 7.11. The monoisotopic (exact) mass is 455 g/mol. The minimum absolute atomic E-state index is 0.280. The molecule has 0 fully saturated rings. The van der Waals surface area contributed by atoms with E-state index in [2.05, 4.69) is 10.3 Å². The molecule has 1 aromatic heterocycles. The predicted octanol–water partition coefficient (Wildman–Crippen LogP) is 5.22. The van der Waals surface area contributed by atoms with Crippen molar-refractivity contribution in [1.29, 1.82) is 0 Å². The third-order valence-electron chi connectivity index (χ3n) is 5.18. The summed E-state index contributed by atoms with van der Waals surface area (Å²) < 4.78 is 5.81. The Morgan fingerprint density at radius 2 is 2.00 bits per heavy atom. The molecule has 0 saturated heterocycles. The first-order valence-electron chi connectivity index (χ1n) is 9.90. The van der Waals surface area contributed by atoms with E-state index in [1.807, 2.05) is 32.0 Å². The second-order valence-electron chi connectivity index (χ2n) is 7.43. The molecule has 160 valence electrons. The van der Waals surface area contributed by atoms with Crippen molar-refractivity contribution in [3.63, 3.8) is 0 Å². The highest BCUT2D eigenvalue weighted by Gasteiger charge is 2.37. The number of para-hydroxylation sites is 1. The van der Waals surface area contributed by atoms with Crippen LogP contribution in [0.5, 0.6) is 5.75 Å². The van der Waals surface area contributed by atoms with Crippen LogP contribution in [-0.2, 0) is 9.59 Å². The normalized spacial score (nSPS) is 16.5. The van der Waals surface area contributed by atoms with Crippen LogP contribution < -0.4 is 15.0 Å². The fourth-order valence-corrected chi connectivity index (χ4v) is 4.64. The summed E-state index contributed by atoms with van der Waals surface area (Å²) in [4.78, 5) is 33.3. The van der Waals surface area contributed by atoms with Crippen molar-refractivity contribution in [1.82, 2.24) is 4.98 Å². The lowest BCUT2D eigenvalue weighted by atomic mass is 10.1. The van der Waals surface area contributed by atoms with Crippen LogP contribution >= 0.6 is 22.9 Å². The van der Waals surface area contributed by atoms with Gasteiger partial charge in [0, 0.05) is 10.4 Å². The van der Waals surface area contributed by atoms with Crippen molar-refractivity contribution in [3.8, 4) is 17.0 Å². The number of amides is 2. The smallest absolute Gasteiger partial charge is 0.268 e. The van der Waals surface area contributed by atoms with E-state index in [9.17, 15) is 9.59 Å². The third kappa shape index (κ3) is 4.03. The Kier molecular flexibility index (Phi) is 5.73. The van der Waals surface area contributed by atoms with Crippen LogP contribution in [0.2, 0.25) is 5.02 Å². The highest BCUT2D eigenvalue weighted by Crippen LogP contribution is 2.40. The number of aromatic nitrogens is 1. The van der Waals surface area contributed by atoms with E-state index < -0.39 is 12.1 Å². The topological polar surface area (TPSA) is 71.5 Å². The molecule has 0 spiro atoms. The van der Waals surface area contributed by atoms with Crippen LogP contribution in [0, 0.1) is 13.8 Å². The van der Waals surface area contributed by atoms with Crippen molar-refractivity contribution in [2.45, 2.75) is 39.8 Å². The number of hydrogen-bond acceptors (Lipinski definition) is 5. The molecule has 6 nitrogen and oxygen atoms in total. The van der Waals surface area contributed by atoms with Gasteiger partial charge in [0.15, 0.2) is 6.10 Å².